The summed E-state index contributed by atoms with van der Waals surface area (Å²) >= 11 is 0. The lowest BCUT2D eigenvalue weighted by molar-refractivity contribution is 0.533. The van der Waals surface area contributed by atoms with Gasteiger partial charge >= 0.3 is 0 Å². The molecule has 0 aromatic heterocycles. The summed E-state index contributed by atoms with van der Waals surface area (Å²) in [4.78, 5) is 0. The molecule has 176 valence electrons. The van der Waals surface area contributed by atoms with E-state index in [1.54, 1.807) is 0 Å². The van der Waals surface area contributed by atoms with Crippen LogP contribution in [0.3, 0.4) is 0 Å². The maximum Gasteiger partial charge on any atom is -0.0353 e. The molecule has 0 aliphatic rings. The molecule has 0 radical (unpaired) electrons. The topological polar surface area (TPSA) is 0 Å². The first-order valence-corrected chi connectivity index (χ1v) is 13.3. The fourth-order valence-corrected chi connectivity index (χ4v) is 3.46. The van der Waals surface area contributed by atoms with Crippen LogP contribution in [0.5, 0.6) is 0 Å². The van der Waals surface area contributed by atoms with Crippen LogP contribution in [0.15, 0.2) is 25.8 Å². The molecule has 0 spiro atoms. The minimum Gasteiger partial charge on any atom is -0.106 e. The third-order valence-corrected chi connectivity index (χ3v) is 5.40. The summed E-state index contributed by atoms with van der Waals surface area (Å²) in [5, 5.41) is 0. The summed E-state index contributed by atoms with van der Waals surface area (Å²) in [6, 6.07) is 0. The molecule has 0 heterocycles. The molecular weight excluding hydrogens is 348 g/mol. The molecule has 29 heavy (non-hydrogen) atoms. The van der Waals surface area contributed by atoms with Crippen molar-refractivity contribution in [1.29, 1.82) is 0 Å². The molecule has 0 saturated carbocycles. The van der Waals surface area contributed by atoms with Crippen LogP contribution in [0.1, 0.15) is 156 Å². The molecule has 0 aromatic carbocycles. The lowest BCUT2D eigenvalue weighted by Crippen LogP contribution is -1.85. The fraction of sp³-hybridized carbons (Fsp3) is 0.862. The van der Waals surface area contributed by atoms with Crippen molar-refractivity contribution in [3.05, 3.63) is 25.8 Å². The Morgan fingerprint density at radius 2 is 0.828 bits per heavy atom. The Hall–Kier alpha value is -0.520. The normalized spacial score (nSPS) is 10.1. The smallest absolute Gasteiger partial charge is 0.0353 e. The summed E-state index contributed by atoms with van der Waals surface area (Å²) in [6.45, 7) is 18.9. The highest BCUT2D eigenvalue weighted by Crippen LogP contribution is 2.13. The van der Waals surface area contributed by atoms with E-state index in [0.29, 0.717) is 0 Å². The zero-order valence-electron chi connectivity index (χ0n) is 21.4. The number of rotatable bonds is 20. The fourth-order valence-electron chi connectivity index (χ4n) is 3.46. The van der Waals surface area contributed by atoms with Crippen molar-refractivity contribution in [3.8, 4) is 0 Å². The van der Waals surface area contributed by atoms with E-state index >= 15 is 0 Å². The highest BCUT2D eigenvalue weighted by molar-refractivity contribution is 4.65. The zero-order chi connectivity index (χ0) is 22.4. The average Bonchev–Trinajstić information content (AvgIpc) is 2.73. The minimum absolute atomic E-state index is 0.904. The third-order valence-electron chi connectivity index (χ3n) is 5.40. The monoisotopic (exact) mass is 408 g/mol. The quantitative estimate of drug-likeness (QED) is 0.139. The van der Waals surface area contributed by atoms with Gasteiger partial charge in [0.1, 0.15) is 0 Å². The Bertz CT molecular complexity index is 253. The van der Waals surface area contributed by atoms with Gasteiger partial charge in [-0.25, -0.2) is 0 Å². The highest BCUT2D eigenvalue weighted by atomic mass is 14.0. The predicted octanol–water partition coefficient (Wildman–Crippen LogP) is 11.5. The number of hydrogen-bond acceptors (Lipinski definition) is 0. The van der Waals surface area contributed by atoms with Crippen molar-refractivity contribution in [3.63, 3.8) is 0 Å². The number of unbranched alkanes of at least 4 members (excludes halogenated alkanes) is 17. The van der Waals surface area contributed by atoms with E-state index in [1.807, 2.05) is 6.08 Å². The molecule has 0 nitrogen and oxygen atoms in total. The molecule has 0 bridgehead atoms. The maximum atomic E-state index is 3.76. The molecule has 0 unspecified atom stereocenters. The van der Waals surface area contributed by atoms with Gasteiger partial charge in [-0.2, -0.15) is 0 Å². The van der Waals surface area contributed by atoms with Gasteiger partial charge in [-0.3, -0.25) is 0 Å². The Balaban J connectivity index is -0.000000564. The lowest BCUT2D eigenvalue weighted by Gasteiger charge is -2.03. The summed E-state index contributed by atoms with van der Waals surface area (Å²) in [6.07, 6.45) is 30.5. The molecule has 0 atom stereocenters. The Morgan fingerprint density at radius 3 is 1.14 bits per heavy atom. The first-order chi connectivity index (χ1) is 14.2. The van der Waals surface area contributed by atoms with Crippen molar-refractivity contribution >= 4 is 0 Å². The average molecular weight is 409 g/mol. The third kappa shape index (κ3) is 42.5. The van der Waals surface area contributed by atoms with Crippen LogP contribution in [0.25, 0.3) is 0 Å². The van der Waals surface area contributed by atoms with Crippen LogP contribution < -0.4 is 0 Å². The number of hydrogen-bond donors (Lipinski definition) is 0. The summed E-state index contributed by atoms with van der Waals surface area (Å²) in [7, 11) is 0. The van der Waals surface area contributed by atoms with Crippen LogP contribution in [0.2, 0.25) is 0 Å². The summed E-state index contributed by atoms with van der Waals surface area (Å²) in [5.74, 6) is 0.904. The first kappa shape index (κ1) is 33.1. The van der Waals surface area contributed by atoms with E-state index in [-0.39, 0.29) is 0 Å². The van der Waals surface area contributed by atoms with Gasteiger partial charge in [-0.15, -0.1) is 19.7 Å². The molecule has 0 aliphatic heterocycles. The van der Waals surface area contributed by atoms with Crippen molar-refractivity contribution in [2.45, 2.75) is 156 Å². The molecule has 0 amide bonds. The van der Waals surface area contributed by atoms with Gasteiger partial charge in [-0.1, -0.05) is 149 Å². The van der Waals surface area contributed by atoms with Crippen LogP contribution in [-0.2, 0) is 0 Å². The predicted molar refractivity (Wildman–Crippen MR) is 140 cm³/mol. The van der Waals surface area contributed by atoms with Crippen LogP contribution in [-0.4, -0.2) is 0 Å². The second kappa shape index (κ2) is 35.0. The van der Waals surface area contributed by atoms with Crippen molar-refractivity contribution in [2.75, 3.05) is 0 Å². The number of allylic oxidation sites excluding steroid dienone is 1. The van der Waals surface area contributed by atoms with Crippen LogP contribution >= 0.6 is 0 Å². The van der Waals surface area contributed by atoms with Gasteiger partial charge in [0.15, 0.2) is 0 Å². The van der Waals surface area contributed by atoms with E-state index in [2.05, 4.69) is 47.4 Å². The van der Waals surface area contributed by atoms with E-state index in [1.165, 1.54) is 128 Å². The van der Waals surface area contributed by atoms with Crippen LogP contribution in [0, 0.1) is 5.92 Å². The SMILES string of the molecule is C=C.C=CCCCCCCCCCCCCCCCCC.CCCCCC(C)C. The van der Waals surface area contributed by atoms with E-state index in [9.17, 15) is 0 Å². The Labute approximate surface area is 188 Å². The molecule has 0 rings (SSSR count). The molecule has 0 heteroatoms. The summed E-state index contributed by atoms with van der Waals surface area (Å²) < 4.78 is 0. The Kier molecular flexibility index (Phi) is 39.9. The van der Waals surface area contributed by atoms with Crippen molar-refractivity contribution < 1.29 is 0 Å². The van der Waals surface area contributed by atoms with E-state index < -0.39 is 0 Å². The maximum absolute atomic E-state index is 3.76. The second-order valence-electron chi connectivity index (χ2n) is 8.92. The molecule has 0 saturated heterocycles. The molecule has 0 aliphatic carbocycles. The van der Waals surface area contributed by atoms with Gasteiger partial charge < -0.3 is 0 Å². The van der Waals surface area contributed by atoms with Gasteiger partial charge in [-0.05, 0) is 18.8 Å². The Morgan fingerprint density at radius 1 is 0.517 bits per heavy atom. The van der Waals surface area contributed by atoms with Gasteiger partial charge in [0, 0.05) is 0 Å². The lowest BCUT2D eigenvalue weighted by atomic mass is 10.0. The van der Waals surface area contributed by atoms with Gasteiger partial charge in [0.05, 0.1) is 0 Å². The summed E-state index contributed by atoms with van der Waals surface area (Å²) in [5.41, 5.74) is 0. The van der Waals surface area contributed by atoms with E-state index in [4.69, 9.17) is 0 Å². The van der Waals surface area contributed by atoms with E-state index in [0.717, 1.165) is 5.92 Å². The zero-order valence-corrected chi connectivity index (χ0v) is 21.4. The van der Waals surface area contributed by atoms with Gasteiger partial charge in [0.25, 0.3) is 0 Å². The molecule has 0 fully saturated rings. The molecule has 0 aromatic rings. The highest BCUT2D eigenvalue weighted by Gasteiger charge is 1.94. The van der Waals surface area contributed by atoms with Gasteiger partial charge in [0.2, 0.25) is 0 Å². The second-order valence-corrected chi connectivity index (χ2v) is 8.92. The minimum atomic E-state index is 0.904. The van der Waals surface area contributed by atoms with Crippen molar-refractivity contribution in [1.82, 2.24) is 0 Å². The standard InChI is InChI=1S/C19H38.C8H18.C2H4/c1-3-5-7-9-11-13-15-17-19-18-16-14-12-10-8-6-4-2;1-4-5-6-7-8(2)3;1-2/h3H,1,4-19H2,2H3;8H,4-7H2,1-3H3;1-2H2. The van der Waals surface area contributed by atoms with Crippen molar-refractivity contribution in [2.24, 2.45) is 5.92 Å². The molecular formula is C29H60. The first-order valence-electron chi connectivity index (χ1n) is 13.3. The largest absolute Gasteiger partial charge is 0.106 e. The van der Waals surface area contributed by atoms with Crippen LogP contribution in [0.4, 0.5) is 0 Å². The molecule has 0 N–H and O–H groups in total.